The number of ether oxygens (including phenoxy) is 1. The van der Waals surface area contributed by atoms with Gasteiger partial charge in [0.2, 0.25) is 5.91 Å². The molecule has 1 aromatic rings. The fourth-order valence-corrected chi connectivity index (χ4v) is 1.57. The van der Waals surface area contributed by atoms with Crippen molar-refractivity contribution in [3.63, 3.8) is 0 Å². The molecule has 7 nitrogen and oxygen atoms in total. The first kappa shape index (κ1) is 17.5. The van der Waals surface area contributed by atoms with Crippen molar-refractivity contribution in [3.05, 3.63) is 29.8 Å². The minimum Gasteiger partial charge on any atom is -0.481 e. The van der Waals surface area contributed by atoms with Gasteiger partial charge < -0.3 is 9.84 Å². The van der Waals surface area contributed by atoms with Gasteiger partial charge in [-0.1, -0.05) is 17.7 Å². The maximum Gasteiger partial charge on any atom is 0.303 e. The summed E-state index contributed by atoms with van der Waals surface area (Å²) in [4.78, 5) is 33.5. The molecule has 1 rings (SSSR count). The first-order valence-corrected chi connectivity index (χ1v) is 6.92. The average molecular weight is 308 g/mol. The predicted octanol–water partition coefficient (Wildman–Crippen LogP) is 1.16. The molecule has 0 radical (unpaired) electrons. The molecule has 0 aliphatic carbocycles. The maximum absolute atomic E-state index is 11.8. The fraction of sp³-hybridized carbons (Fsp3) is 0.400. The standard InChI is InChI=1S/C15H20N2O5/c1-10-6-8-12(9-7-10)22-11(2)15(21)17-16-13(18)4-3-5-14(19)20/h6-9,11H,3-5H2,1-2H3,(H,16,18)(H,17,21)(H,19,20)/t11-/m1/s1. The Labute approximate surface area is 128 Å². The number of carboxylic acid groups (broad SMARTS) is 1. The monoisotopic (exact) mass is 308 g/mol. The van der Waals surface area contributed by atoms with E-state index in [1.54, 1.807) is 19.1 Å². The normalized spacial score (nSPS) is 11.4. The van der Waals surface area contributed by atoms with Crippen LogP contribution in [-0.4, -0.2) is 29.0 Å². The Balaban J connectivity index is 2.30. The van der Waals surface area contributed by atoms with E-state index in [4.69, 9.17) is 9.84 Å². The van der Waals surface area contributed by atoms with Gasteiger partial charge in [-0.25, -0.2) is 0 Å². The van der Waals surface area contributed by atoms with Gasteiger partial charge in [-0.3, -0.25) is 25.2 Å². The molecule has 1 atom stereocenters. The van der Waals surface area contributed by atoms with Crippen LogP contribution in [0, 0.1) is 6.92 Å². The van der Waals surface area contributed by atoms with Crippen molar-refractivity contribution < 1.29 is 24.2 Å². The minimum atomic E-state index is -0.961. The van der Waals surface area contributed by atoms with Crippen LogP contribution in [0.1, 0.15) is 31.7 Å². The number of benzene rings is 1. The van der Waals surface area contributed by atoms with E-state index in [1.807, 2.05) is 19.1 Å². The number of hydrogen-bond donors (Lipinski definition) is 3. The second-order valence-electron chi connectivity index (χ2n) is 4.86. The lowest BCUT2D eigenvalue weighted by Crippen LogP contribution is -2.47. The quantitative estimate of drug-likeness (QED) is 0.656. The summed E-state index contributed by atoms with van der Waals surface area (Å²) in [6.07, 6.45) is -0.623. The molecular weight excluding hydrogens is 288 g/mol. The first-order chi connectivity index (χ1) is 10.4. The molecule has 0 aliphatic rings. The Morgan fingerprint density at radius 3 is 2.36 bits per heavy atom. The van der Waals surface area contributed by atoms with E-state index in [0.717, 1.165) is 5.56 Å². The maximum atomic E-state index is 11.8. The van der Waals surface area contributed by atoms with Crippen molar-refractivity contribution in [1.82, 2.24) is 10.9 Å². The van der Waals surface area contributed by atoms with Crippen molar-refractivity contribution in [2.24, 2.45) is 0 Å². The van der Waals surface area contributed by atoms with E-state index in [0.29, 0.717) is 5.75 Å². The van der Waals surface area contributed by atoms with Gasteiger partial charge in [0.15, 0.2) is 6.10 Å². The van der Waals surface area contributed by atoms with Crippen LogP contribution >= 0.6 is 0 Å². The number of aryl methyl sites for hydroxylation is 1. The summed E-state index contributed by atoms with van der Waals surface area (Å²) in [7, 11) is 0. The molecule has 2 amide bonds. The third-order valence-electron chi connectivity index (χ3n) is 2.82. The Hall–Kier alpha value is -2.57. The van der Waals surface area contributed by atoms with Crippen molar-refractivity contribution in [2.45, 2.75) is 39.2 Å². The Kier molecular flexibility index (Phi) is 6.88. The number of aliphatic carboxylic acids is 1. The molecule has 0 spiro atoms. The lowest BCUT2D eigenvalue weighted by Gasteiger charge is -2.15. The van der Waals surface area contributed by atoms with Gasteiger partial charge in [0.05, 0.1) is 0 Å². The van der Waals surface area contributed by atoms with Crippen LogP contribution in [0.25, 0.3) is 0 Å². The smallest absolute Gasteiger partial charge is 0.303 e. The van der Waals surface area contributed by atoms with Crippen LogP contribution in [0.4, 0.5) is 0 Å². The third-order valence-corrected chi connectivity index (χ3v) is 2.82. The molecule has 120 valence electrons. The number of hydrazine groups is 1. The van der Waals surface area contributed by atoms with Gasteiger partial charge in [-0.05, 0) is 32.4 Å². The fourth-order valence-electron chi connectivity index (χ4n) is 1.57. The summed E-state index contributed by atoms with van der Waals surface area (Å²) in [5.41, 5.74) is 5.54. The van der Waals surface area contributed by atoms with E-state index < -0.39 is 23.9 Å². The Morgan fingerprint density at radius 2 is 1.77 bits per heavy atom. The zero-order valence-electron chi connectivity index (χ0n) is 12.6. The number of carbonyl (C=O) groups excluding carboxylic acids is 2. The molecule has 0 heterocycles. The molecule has 0 unspecified atom stereocenters. The van der Waals surface area contributed by atoms with E-state index in [-0.39, 0.29) is 19.3 Å². The molecular formula is C15H20N2O5. The van der Waals surface area contributed by atoms with Crippen molar-refractivity contribution >= 4 is 17.8 Å². The number of carboxylic acids is 1. The van der Waals surface area contributed by atoms with Gasteiger partial charge in [-0.2, -0.15) is 0 Å². The second-order valence-corrected chi connectivity index (χ2v) is 4.86. The van der Waals surface area contributed by atoms with E-state index in [9.17, 15) is 14.4 Å². The topological polar surface area (TPSA) is 105 Å². The first-order valence-electron chi connectivity index (χ1n) is 6.92. The molecule has 0 aliphatic heterocycles. The third kappa shape index (κ3) is 6.74. The van der Waals surface area contributed by atoms with Crippen LogP contribution < -0.4 is 15.6 Å². The Morgan fingerprint density at radius 1 is 1.14 bits per heavy atom. The van der Waals surface area contributed by atoms with E-state index in [1.165, 1.54) is 0 Å². The molecule has 3 N–H and O–H groups in total. The summed E-state index contributed by atoms with van der Waals surface area (Å²) >= 11 is 0. The lowest BCUT2D eigenvalue weighted by molar-refractivity contribution is -0.137. The number of hydrogen-bond acceptors (Lipinski definition) is 4. The minimum absolute atomic E-state index is 0.0276. The Bertz CT molecular complexity index is 527. The molecule has 0 bridgehead atoms. The molecule has 0 aromatic heterocycles. The van der Waals surface area contributed by atoms with Crippen LogP contribution in [0.15, 0.2) is 24.3 Å². The highest BCUT2D eigenvalue weighted by Gasteiger charge is 2.15. The summed E-state index contributed by atoms with van der Waals surface area (Å²) in [6, 6.07) is 7.24. The number of rotatable bonds is 7. The zero-order chi connectivity index (χ0) is 16.5. The van der Waals surface area contributed by atoms with Crippen LogP contribution in [-0.2, 0) is 14.4 Å². The van der Waals surface area contributed by atoms with Gasteiger partial charge in [-0.15, -0.1) is 0 Å². The van der Waals surface area contributed by atoms with E-state index >= 15 is 0 Å². The van der Waals surface area contributed by atoms with Crippen molar-refractivity contribution in [1.29, 1.82) is 0 Å². The predicted molar refractivity (Wildman–Crippen MR) is 79.0 cm³/mol. The largest absolute Gasteiger partial charge is 0.481 e. The molecule has 0 fully saturated rings. The van der Waals surface area contributed by atoms with E-state index in [2.05, 4.69) is 10.9 Å². The molecule has 0 saturated carbocycles. The van der Waals surface area contributed by atoms with Crippen LogP contribution in [0.3, 0.4) is 0 Å². The average Bonchev–Trinajstić information content (AvgIpc) is 2.46. The highest BCUT2D eigenvalue weighted by molar-refractivity contribution is 5.84. The van der Waals surface area contributed by atoms with Gasteiger partial charge >= 0.3 is 5.97 Å². The van der Waals surface area contributed by atoms with Crippen molar-refractivity contribution in [3.8, 4) is 5.75 Å². The highest BCUT2D eigenvalue weighted by Crippen LogP contribution is 2.13. The SMILES string of the molecule is Cc1ccc(O[C@H](C)C(=O)NNC(=O)CCCC(=O)O)cc1. The van der Waals surface area contributed by atoms with Crippen LogP contribution in [0.5, 0.6) is 5.75 Å². The van der Waals surface area contributed by atoms with Gasteiger partial charge in [0, 0.05) is 12.8 Å². The summed E-state index contributed by atoms with van der Waals surface area (Å²) in [5.74, 6) is -1.35. The zero-order valence-corrected chi connectivity index (χ0v) is 12.6. The van der Waals surface area contributed by atoms with Crippen LogP contribution in [0.2, 0.25) is 0 Å². The summed E-state index contributed by atoms with van der Waals surface area (Å²) < 4.78 is 5.43. The number of nitrogens with one attached hydrogen (secondary N) is 2. The summed E-state index contributed by atoms with van der Waals surface area (Å²) in [5, 5.41) is 8.46. The highest BCUT2D eigenvalue weighted by atomic mass is 16.5. The number of carbonyl (C=O) groups is 3. The molecule has 22 heavy (non-hydrogen) atoms. The van der Waals surface area contributed by atoms with Gasteiger partial charge in [0.25, 0.3) is 5.91 Å². The molecule has 7 heteroatoms. The number of amides is 2. The second kappa shape index (κ2) is 8.66. The summed E-state index contributed by atoms with van der Waals surface area (Å²) in [6.45, 7) is 3.51. The lowest BCUT2D eigenvalue weighted by atomic mass is 10.2. The van der Waals surface area contributed by atoms with Gasteiger partial charge in [0.1, 0.15) is 5.75 Å². The van der Waals surface area contributed by atoms with Crippen molar-refractivity contribution in [2.75, 3.05) is 0 Å². The molecule has 0 saturated heterocycles. The molecule has 1 aromatic carbocycles.